The lowest BCUT2D eigenvalue weighted by Crippen LogP contribution is -2.32. The van der Waals surface area contributed by atoms with Gasteiger partial charge in [-0.3, -0.25) is 4.68 Å². The first-order valence-corrected chi connectivity index (χ1v) is 11.8. The Morgan fingerprint density at radius 2 is 1.81 bits per heavy atom. The Bertz CT molecular complexity index is 1290. The molecule has 0 atom stereocenters. The summed E-state index contributed by atoms with van der Waals surface area (Å²) in [7, 11) is 2.18. The van der Waals surface area contributed by atoms with E-state index in [1.165, 1.54) is 0 Å². The van der Waals surface area contributed by atoms with E-state index in [2.05, 4.69) is 34.7 Å². The summed E-state index contributed by atoms with van der Waals surface area (Å²) < 4.78 is 4.02. The zero-order valence-corrected chi connectivity index (χ0v) is 19.7. The maximum Gasteiger partial charge on any atom is 0.103 e. The van der Waals surface area contributed by atoms with Crippen molar-refractivity contribution in [1.82, 2.24) is 24.3 Å². The van der Waals surface area contributed by atoms with Crippen LogP contribution in [0.2, 0.25) is 5.02 Å². The number of aromatic nitrogens is 4. The lowest BCUT2D eigenvalue weighted by atomic mass is 10.0. The fraction of sp³-hybridized carbons (Fsp3) is 0.304. The molecule has 0 radical (unpaired) electrons. The monoisotopic (exact) mass is 467 g/mol. The topological polar surface area (TPSA) is 90.4 Å². The van der Waals surface area contributed by atoms with Gasteiger partial charge in [0.05, 0.1) is 24.1 Å². The molecule has 4 heterocycles. The van der Waals surface area contributed by atoms with Crippen LogP contribution >= 0.6 is 23.4 Å². The Morgan fingerprint density at radius 3 is 2.59 bits per heavy atom. The van der Waals surface area contributed by atoms with E-state index < -0.39 is 0 Å². The highest BCUT2D eigenvalue weighted by molar-refractivity contribution is 7.99. The minimum atomic E-state index is 0.434. The summed E-state index contributed by atoms with van der Waals surface area (Å²) in [4.78, 5) is 4.23. The van der Waals surface area contributed by atoms with E-state index in [9.17, 15) is 0 Å². The molecule has 0 unspecified atom stereocenters. The van der Waals surface area contributed by atoms with E-state index >= 15 is 0 Å². The molecule has 5 rings (SSSR count). The predicted octanol–water partition coefficient (Wildman–Crippen LogP) is 4.74. The fourth-order valence-electron chi connectivity index (χ4n) is 4.36. The molecular weight excluding hydrogens is 442 g/mol. The Labute approximate surface area is 196 Å². The number of pyridine rings is 1. The molecule has 1 fully saturated rings. The smallest absolute Gasteiger partial charge is 0.103 e. The molecule has 4 aromatic rings. The molecule has 0 saturated carbocycles. The Hall–Kier alpha value is -2.68. The predicted molar refractivity (Wildman–Crippen MR) is 131 cm³/mol. The summed E-state index contributed by atoms with van der Waals surface area (Å²) in [5.74, 6) is 0. The van der Waals surface area contributed by atoms with Crippen LogP contribution in [0.25, 0.3) is 16.6 Å². The van der Waals surface area contributed by atoms with Crippen molar-refractivity contribution in [2.24, 2.45) is 0 Å². The van der Waals surface area contributed by atoms with E-state index in [-0.39, 0.29) is 0 Å². The lowest BCUT2D eigenvalue weighted by Gasteiger charge is -2.29. The molecule has 9 heteroatoms. The van der Waals surface area contributed by atoms with Gasteiger partial charge >= 0.3 is 0 Å². The summed E-state index contributed by atoms with van der Waals surface area (Å²) in [5, 5.41) is 9.88. The molecular formula is C23H26ClN7S. The van der Waals surface area contributed by atoms with Gasteiger partial charge < -0.3 is 16.4 Å². The van der Waals surface area contributed by atoms with Crippen LogP contribution in [0.4, 0.5) is 11.4 Å². The van der Waals surface area contributed by atoms with Gasteiger partial charge in [-0.2, -0.15) is 10.2 Å². The number of fused-ring (bicyclic) bond motifs is 1. The van der Waals surface area contributed by atoms with Crippen LogP contribution in [-0.2, 0) is 0 Å². The second kappa shape index (κ2) is 8.35. The average molecular weight is 468 g/mol. The van der Waals surface area contributed by atoms with Crippen LogP contribution in [0.15, 0.2) is 52.6 Å². The maximum atomic E-state index is 6.26. The number of hydrogen-bond donors (Lipinski definition) is 2. The second-order valence-corrected chi connectivity index (χ2v) is 9.91. The van der Waals surface area contributed by atoms with E-state index in [0.29, 0.717) is 22.4 Å². The molecule has 166 valence electrons. The number of nitrogens with two attached hydrogens (primary N) is 2. The van der Waals surface area contributed by atoms with E-state index in [1.54, 1.807) is 24.0 Å². The summed E-state index contributed by atoms with van der Waals surface area (Å²) in [5.41, 5.74) is 17.9. The molecule has 4 N–H and O–H groups in total. The van der Waals surface area contributed by atoms with Gasteiger partial charge in [0.2, 0.25) is 0 Å². The quantitative estimate of drug-likeness (QED) is 0.421. The molecule has 7 nitrogen and oxygen atoms in total. The molecule has 32 heavy (non-hydrogen) atoms. The first-order valence-electron chi connectivity index (χ1n) is 10.6. The first kappa shape index (κ1) is 21.2. The number of benzene rings is 1. The molecule has 0 bridgehead atoms. The van der Waals surface area contributed by atoms with E-state index in [0.717, 1.165) is 58.1 Å². The highest BCUT2D eigenvalue weighted by atomic mass is 35.5. The van der Waals surface area contributed by atoms with Crippen LogP contribution in [0.5, 0.6) is 0 Å². The third-order valence-electron chi connectivity index (χ3n) is 6.19. The lowest BCUT2D eigenvalue weighted by molar-refractivity contribution is 0.210. The maximum absolute atomic E-state index is 6.26. The van der Waals surface area contributed by atoms with Crippen molar-refractivity contribution in [2.75, 3.05) is 31.6 Å². The Kier molecular flexibility index (Phi) is 5.53. The highest BCUT2D eigenvalue weighted by Crippen LogP contribution is 2.40. The number of likely N-dealkylation sites (tertiary alicyclic amines) is 1. The minimum Gasteiger partial charge on any atom is -0.398 e. The zero-order valence-electron chi connectivity index (χ0n) is 18.1. The first-order chi connectivity index (χ1) is 15.4. The molecule has 0 spiro atoms. The van der Waals surface area contributed by atoms with Crippen LogP contribution in [0, 0.1) is 6.92 Å². The number of nitrogen functional groups attached to an aromatic ring is 2. The summed E-state index contributed by atoms with van der Waals surface area (Å²) in [6.45, 7) is 4.34. The van der Waals surface area contributed by atoms with Crippen molar-refractivity contribution >= 4 is 40.3 Å². The number of anilines is 2. The van der Waals surface area contributed by atoms with Gasteiger partial charge in [-0.1, -0.05) is 23.4 Å². The molecule has 1 aliphatic rings. The number of piperidine rings is 1. The average Bonchev–Trinajstić information content (AvgIpc) is 3.34. The van der Waals surface area contributed by atoms with Crippen LogP contribution < -0.4 is 11.5 Å². The number of halogens is 1. The minimum absolute atomic E-state index is 0.434. The normalized spacial score (nSPS) is 15.6. The van der Waals surface area contributed by atoms with Crippen molar-refractivity contribution in [3.63, 3.8) is 0 Å². The third kappa shape index (κ3) is 3.83. The Morgan fingerprint density at radius 1 is 1.03 bits per heavy atom. The van der Waals surface area contributed by atoms with Crippen LogP contribution in [0.3, 0.4) is 0 Å². The molecule has 1 saturated heterocycles. The van der Waals surface area contributed by atoms with Crippen molar-refractivity contribution in [3.8, 4) is 11.1 Å². The van der Waals surface area contributed by atoms with Gasteiger partial charge in [-0.05, 0) is 64.2 Å². The number of hydrogen-bond acceptors (Lipinski definition) is 6. The number of rotatable bonds is 4. The SMILES string of the molecule is Cc1c(-c2cc(Sc3cc(Cl)ccc3N)c3c(N)cnn3c2)cnn1C1CCN(C)CC1. The zero-order chi connectivity index (χ0) is 22.4. The second-order valence-electron chi connectivity index (χ2n) is 8.39. The van der Waals surface area contributed by atoms with Crippen molar-refractivity contribution in [3.05, 3.63) is 53.6 Å². The van der Waals surface area contributed by atoms with E-state index in [1.807, 2.05) is 29.0 Å². The molecule has 1 aliphatic heterocycles. The van der Waals surface area contributed by atoms with Crippen LogP contribution in [-0.4, -0.2) is 44.4 Å². The Balaban J connectivity index is 1.57. The van der Waals surface area contributed by atoms with Gasteiger partial charge in [0.25, 0.3) is 0 Å². The van der Waals surface area contributed by atoms with Crippen molar-refractivity contribution in [2.45, 2.75) is 35.6 Å². The van der Waals surface area contributed by atoms with Gasteiger partial charge in [0.1, 0.15) is 5.52 Å². The summed E-state index contributed by atoms with van der Waals surface area (Å²) in [6.07, 6.45) is 7.88. The molecule has 1 aromatic carbocycles. The highest BCUT2D eigenvalue weighted by Gasteiger charge is 2.22. The van der Waals surface area contributed by atoms with Gasteiger partial charge in [-0.15, -0.1) is 0 Å². The summed E-state index contributed by atoms with van der Waals surface area (Å²) in [6, 6.07) is 8.06. The largest absolute Gasteiger partial charge is 0.398 e. The number of nitrogens with zero attached hydrogens (tertiary/aromatic N) is 5. The van der Waals surface area contributed by atoms with E-state index in [4.69, 9.17) is 28.2 Å². The van der Waals surface area contributed by atoms with Crippen molar-refractivity contribution in [1.29, 1.82) is 0 Å². The van der Waals surface area contributed by atoms with Gasteiger partial charge in [-0.25, -0.2) is 4.52 Å². The molecule has 0 aliphatic carbocycles. The molecule has 3 aromatic heterocycles. The molecule has 0 amide bonds. The van der Waals surface area contributed by atoms with Gasteiger partial charge in [0.15, 0.2) is 0 Å². The standard InChI is InChI=1S/C23H26ClN7S/c1-14-18(11-28-31(14)17-5-7-29(2)8-6-17)15-9-22(23-20(26)12-27-30(23)13-15)32-21-10-16(24)3-4-19(21)25/h3-4,9-13,17H,5-8,25-26H2,1-2H3. The van der Waals surface area contributed by atoms with Gasteiger partial charge in [0, 0.05) is 43.5 Å². The van der Waals surface area contributed by atoms with Crippen molar-refractivity contribution < 1.29 is 0 Å². The fourth-order valence-corrected chi connectivity index (χ4v) is 5.70. The summed E-state index contributed by atoms with van der Waals surface area (Å²) >= 11 is 7.76. The van der Waals surface area contributed by atoms with Crippen LogP contribution in [0.1, 0.15) is 24.6 Å². The third-order valence-corrected chi connectivity index (χ3v) is 7.53.